The fourth-order valence-electron chi connectivity index (χ4n) is 4.17. The average Bonchev–Trinajstić information content (AvgIpc) is 2.93. The Morgan fingerprint density at radius 3 is 2.15 bits per heavy atom. The summed E-state index contributed by atoms with van der Waals surface area (Å²) in [4.78, 5) is 28.7. The van der Waals surface area contributed by atoms with Crippen LogP contribution >= 0.6 is 23.2 Å². The lowest BCUT2D eigenvalue weighted by Gasteiger charge is -2.34. The van der Waals surface area contributed by atoms with Gasteiger partial charge < -0.3 is 15.0 Å². The van der Waals surface area contributed by atoms with Crippen molar-refractivity contribution in [3.8, 4) is 5.75 Å². The van der Waals surface area contributed by atoms with Crippen LogP contribution in [0.3, 0.4) is 0 Å². The molecule has 0 aromatic heterocycles. The number of sulfonamides is 1. The van der Waals surface area contributed by atoms with Gasteiger partial charge in [-0.25, -0.2) is 8.42 Å². The molecule has 214 valence electrons. The maximum Gasteiger partial charge on any atom is 0.264 e. The molecule has 0 bridgehead atoms. The number of anilines is 1. The summed E-state index contributed by atoms with van der Waals surface area (Å²) in [6.07, 6.45) is 0.275. The van der Waals surface area contributed by atoms with Crippen molar-refractivity contribution >= 4 is 50.7 Å². The van der Waals surface area contributed by atoms with Crippen LogP contribution in [0, 0.1) is 0 Å². The van der Waals surface area contributed by atoms with Crippen LogP contribution in [0.4, 0.5) is 5.69 Å². The van der Waals surface area contributed by atoms with E-state index in [1.54, 1.807) is 61.5 Å². The molecular weight excluding hydrogens is 573 g/mol. The van der Waals surface area contributed by atoms with Crippen LogP contribution in [-0.2, 0) is 26.2 Å². The highest BCUT2D eigenvalue weighted by molar-refractivity contribution is 7.92. The van der Waals surface area contributed by atoms with Crippen molar-refractivity contribution in [2.45, 2.75) is 50.7 Å². The number of nitrogens with one attached hydrogen (secondary N) is 1. The second-order valence-electron chi connectivity index (χ2n) is 9.34. The summed E-state index contributed by atoms with van der Waals surface area (Å²) in [5, 5.41) is 3.50. The van der Waals surface area contributed by atoms with Crippen molar-refractivity contribution in [2.75, 3.05) is 18.0 Å². The predicted molar refractivity (Wildman–Crippen MR) is 158 cm³/mol. The third kappa shape index (κ3) is 7.47. The summed E-state index contributed by atoms with van der Waals surface area (Å²) in [7, 11) is -2.72. The molecule has 11 heteroatoms. The number of ether oxygens (including phenoxy) is 1. The van der Waals surface area contributed by atoms with Gasteiger partial charge in [0.05, 0.1) is 17.7 Å². The first kappa shape index (κ1) is 31.3. The second-order valence-corrected chi connectivity index (χ2v) is 12.0. The van der Waals surface area contributed by atoms with Crippen molar-refractivity contribution in [3.05, 3.63) is 88.4 Å². The van der Waals surface area contributed by atoms with Crippen molar-refractivity contribution in [1.29, 1.82) is 0 Å². The van der Waals surface area contributed by atoms with Gasteiger partial charge in [0.2, 0.25) is 11.8 Å². The first-order chi connectivity index (χ1) is 19.0. The van der Waals surface area contributed by atoms with E-state index in [9.17, 15) is 18.0 Å². The summed E-state index contributed by atoms with van der Waals surface area (Å²) in [6.45, 7) is 4.73. The molecule has 0 unspecified atom stereocenters. The summed E-state index contributed by atoms with van der Waals surface area (Å²) >= 11 is 12.9. The molecule has 3 aromatic carbocycles. The normalized spacial score (nSPS) is 12.1. The van der Waals surface area contributed by atoms with E-state index in [0.717, 1.165) is 4.31 Å². The van der Waals surface area contributed by atoms with Gasteiger partial charge in [-0.05, 0) is 56.7 Å². The lowest BCUT2D eigenvalue weighted by Crippen LogP contribution is -2.53. The first-order valence-electron chi connectivity index (χ1n) is 12.7. The van der Waals surface area contributed by atoms with E-state index >= 15 is 0 Å². The number of carbonyl (C=O) groups excluding carboxylic acids is 2. The summed E-state index contributed by atoms with van der Waals surface area (Å²) in [5.41, 5.74) is 0.681. The zero-order valence-corrected chi connectivity index (χ0v) is 25.1. The maximum absolute atomic E-state index is 14.1. The Labute approximate surface area is 245 Å². The predicted octanol–water partition coefficient (Wildman–Crippen LogP) is 5.53. The van der Waals surface area contributed by atoms with E-state index < -0.39 is 28.5 Å². The van der Waals surface area contributed by atoms with Gasteiger partial charge in [0, 0.05) is 34.3 Å². The molecule has 0 fully saturated rings. The molecule has 1 N–H and O–H groups in total. The molecule has 40 heavy (non-hydrogen) atoms. The van der Waals surface area contributed by atoms with E-state index in [2.05, 4.69) is 5.32 Å². The van der Waals surface area contributed by atoms with Crippen LogP contribution in [0.1, 0.15) is 32.8 Å². The number of halogens is 2. The fraction of sp³-hybridized carbons (Fsp3) is 0.310. The molecule has 0 heterocycles. The Morgan fingerprint density at radius 2 is 1.57 bits per heavy atom. The minimum Gasteiger partial charge on any atom is -0.497 e. The van der Waals surface area contributed by atoms with Crippen molar-refractivity contribution in [3.63, 3.8) is 0 Å². The molecule has 0 saturated carbocycles. The average molecular weight is 607 g/mol. The van der Waals surface area contributed by atoms with Crippen LogP contribution in [-0.4, -0.2) is 50.9 Å². The Hall–Kier alpha value is -3.27. The van der Waals surface area contributed by atoms with E-state index in [0.29, 0.717) is 21.4 Å². The monoisotopic (exact) mass is 605 g/mol. The number of amides is 2. The minimum atomic E-state index is -4.19. The number of methoxy groups -OCH3 is 1. The van der Waals surface area contributed by atoms with E-state index in [1.807, 2.05) is 13.8 Å². The van der Waals surface area contributed by atoms with Gasteiger partial charge in [-0.2, -0.15) is 0 Å². The second kappa shape index (κ2) is 13.9. The van der Waals surface area contributed by atoms with Crippen LogP contribution in [0.25, 0.3) is 0 Å². The van der Waals surface area contributed by atoms with Gasteiger partial charge in [-0.3, -0.25) is 13.9 Å². The number of rotatable bonds is 12. The van der Waals surface area contributed by atoms with Gasteiger partial charge in [0.1, 0.15) is 18.3 Å². The summed E-state index contributed by atoms with van der Waals surface area (Å²) < 4.78 is 34.1. The molecule has 0 aliphatic carbocycles. The SMILES string of the molecule is CC[C@H](C(=O)NC(C)C)N(Cc1c(Cl)cccc1Cl)C(=O)CN(c1cccc(OC)c1)S(=O)(=O)c1ccccc1. The highest BCUT2D eigenvalue weighted by Crippen LogP contribution is 2.30. The van der Waals surface area contributed by atoms with E-state index in [4.69, 9.17) is 27.9 Å². The molecule has 0 saturated heterocycles. The smallest absolute Gasteiger partial charge is 0.264 e. The zero-order valence-electron chi connectivity index (χ0n) is 22.8. The fourth-order valence-corrected chi connectivity index (χ4v) is 6.11. The van der Waals surface area contributed by atoms with Crippen LogP contribution < -0.4 is 14.4 Å². The van der Waals surface area contributed by atoms with Gasteiger partial charge in [0.25, 0.3) is 10.0 Å². The van der Waals surface area contributed by atoms with Gasteiger partial charge in [-0.15, -0.1) is 0 Å². The lowest BCUT2D eigenvalue weighted by molar-refractivity contribution is -0.140. The Bertz CT molecular complexity index is 1410. The topological polar surface area (TPSA) is 96.0 Å². The van der Waals surface area contributed by atoms with Crippen molar-refractivity contribution in [1.82, 2.24) is 10.2 Å². The maximum atomic E-state index is 14.1. The van der Waals surface area contributed by atoms with Gasteiger partial charge in [0.15, 0.2) is 0 Å². The Morgan fingerprint density at radius 1 is 0.950 bits per heavy atom. The largest absolute Gasteiger partial charge is 0.497 e. The first-order valence-corrected chi connectivity index (χ1v) is 14.9. The Kier molecular flexibility index (Phi) is 10.8. The number of carbonyl (C=O) groups is 2. The minimum absolute atomic E-state index is 0.0101. The van der Waals surface area contributed by atoms with Gasteiger partial charge in [-0.1, -0.05) is 60.5 Å². The zero-order chi connectivity index (χ0) is 29.4. The van der Waals surface area contributed by atoms with E-state index in [-0.39, 0.29) is 35.5 Å². The molecule has 0 aliphatic heterocycles. The van der Waals surface area contributed by atoms with Crippen molar-refractivity contribution < 1.29 is 22.7 Å². The highest BCUT2D eigenvalue weighted by atomic mass is 35.5. The highest BCUT2D eigenvalue weighted by Gasteiger charge is 2.34. The quantitative estimate of drug-likeness (QED) is 0.293. The molecule has 8 nitrogen and oxygen atoms in total. The molecule has 3 rings (SSSR count). The lowest BCUT2D eigenvalue weighted by atomic mass is 10.1. The van der Waals surface area contributed by atoms with Gasteiger partial charge >= 0.3 is 0 Å². The number of benzene rings is 3. The standard InChI is InChI=1S/C29H33Cl2N3O5S/c1-5-27(29(36)32-20(2)3)33(18-24-25(30)15-10-16-26(24)31)28(35)19-34(21-11-9-12-22(17-21)39-4)40(37,38)23-13-7-6-8-14-23/h6-17,20,27H,5,18-19H2,1-4H3,(H,32,36)/t27-/m1/s1. The third-order valence-electron chi connectivity index (χ3n) is 6.16. The molecule has 1 atom stereocenters. The number of nitrogens with zero attached hydrogens (tertiary/aromatic N) is 2. The van der Waals surface area contributed by atoms with Crippen LogP contribution in [0.5, 0.6) is 5.75 Å². The van der Waals surface area contributed by atoms with Crippen molar-refractivity contribution in [2.24, 2.45) is 0 Å². The Balaban J connectivity index is 2.11. The third-order valence-corrected chi connectivity index (χ3v) is 8.65. The van der Waals surface area contributed by atoms with Crippen LogP contribution in [0.2, 0.25) is 10.0 Å². The molecular formula is C29H33Cl2N3O5S. The molecule has 0 radical (unpaired) electrons. The number of hydrogen-bond acceptors (Lipinski definition) is 5. The molecule has 3 aromatic rings. The van der Waals surface area contributed by atoms with E-state index in [1.165, 1.54) is 30.2 Å². The number of hydrogen-bond donors (Lipinski definition) is 1. The molecule has 2 amide bonds. The molecule has 0 aliphatic rings. The summed E-state index contributed by atoms with van der Waals surface area (Å²) in [5.74, 6) is -0.558. The summed E-state index contributed by atoms with van der Waals surface area (Å²) in [6, 6.07) is 18.1. The molecule has 0 spiro atoms. The van der Waals surface area contributed by atoms with Crippen LogP contribution in [0.15, 0.2) is 77.7 Å².